The molecule has 0 bridgehead atoms. The maximum absolute atomic E-state index is 12.9. The number of primary amides is 1. The summed E-state index contributed by atoms with van der Waals surface area (Å²) in [5.74, 6) is -0.639. The SMILES string of the molecule is NC(=O)NC(=O)CN1CCN(S(=O)(=O)c2cc(C(F)(F)F)ccc2Cl)CC1. The topological polar surface area (TPSA) is 113 Å². The number of hydrogen-bond acceptors (Lipinski definition) is 5. The Labute approximate surface area is 158 Å². The molecule has 3 amide bonds. The fourth-order valence-corrected chi connectivity index (χ4v) is 4.45. The maximum atomic E-state index is 12.9. The molecular weight excluding hydrogens is 413 g/mol. The molecule has 2 rings (SSSR count). The highest BCUT2D eigenvalue weighted by atomic mass is 35.5. The Kier molecular flexibility index (Phi) is 6.35. The summed E-state index contributed by atoms with van der Waals surface area (Å²) in [7, 11) is -4.25. The lowest BCUT2D eigenvalue weighted by atomic mass is 10.2. The van der Waals surface area contributed by atoms with E-state index in [0.29, 0.717) is 12.1 Å². The van der Waals surface area contributed by atoms with Gasteiger partial charge in [-0.1, -0.05) is 11.6 Å². The molecule has 0 aliphatic carbocycles. The summed E-state index contributed by atoms with van der Waals surface area (Å²) in [6.45, 7) is 0.00262. The summed E-state index contributed by atoms with van der Waals surface area (Å²) in [6.07, 6.45) is -4.71. The van der Waals surface area contributed by atoms with E-state index in [9.17, 15) is 31.2 Å². The molecule has 1 saturated heterocycles. The van der Waals surface area contributed by atoms with Crippen LogP contribution in [-0.4, -0.2) is 62.3 Å². The number of urea groups is 1. The maximum Gasteiger partial charge on any atom is 0.416 e. The largest absolute Gasteiger partial charge is 0.416 e. The summed E-state index contributed by atoms with van der Waals surface area (Å²) in [4.78, 5) is 23.1. The number of amides is 3. The van der Waals surface area contributed by atoms with Gasteiger partial charge in [0, 0.05) is 26.2 Å². The van der Waals surface area contributed by atoms with Gasteiger partial charge in [0.2, 0.25) is 15.9 Å². The lowest BCUT2D eigenvalue weighted by Gasteiger charge is -2.33. The lowest BCUT2D eigenvalue weighted by Crippen LogP contribution is -2.51. The first-order valence-electron chi connectivity index (χ1n) is 7.60. The van der Waals surface area contributed by atoms with Gasteiger partial charge in [-0.15, -0.1) is 0 Å². The second-order valence-electron chi connectivity index (χ2n) is 5.74. The van der Waals surface area contributed by atoms with Crippen molar-refractivity contribution in [3.8, 4) is 0 Å². The van der Waals surface area contributed by atoms with Crippen LogP contribution in [0, 0.1) is 0 Å². The Bertz CT molecular complexity index is 839. The molecule has 0 aromatic heterocycles. The van der Waals surface area contributed by atoms with Gasteiger partial charge in [0.15, 0.2) is 0 Å². The molecule has 0 unspecified atom stereocenters. The van der Waals surface area contributed by atoms with Crippen molar-refractivity contribution in [1.82, 2.24) is 14.5 Å². The Morgan fingerprint density at radius 3 is 2.30 bits per heavy atom. The van der Waals surface area contributed by atoms with Crippen molar-refractivity contribution in [1.29, 1.82) is 0 Å². The van der Waals surface area contributed by atoms with Crippen LogP contribution in [0.3, 0.4) is 0 Å². The Morgan fingerprint density at radius 1 is 1.19 bits per heavy atom. The lowest BCUT2D eigenvalue weighted by molar-refractivity contribution is -0.137. The zero-order chi connectivity index (χ0) is 20.4. The van der Waals surface area contributed by atoms with E-state index >= 15 is 0 Å². The van der Waals surface area contributed by atoms with E-state index < -0.39 is 38.6 Å². The number of imide groups is 1. The average molecular weight is 429 g/mol. The quantitative estimate of drug-likeness (QED) is 0.738. The fraction of sp³-hybridized carbons (Fsp3) is 0.429. The molecule has 27 heavy (non-hydrogen) atoms. The molecule has 3 N–H and O–H groups in total. The van der Waals surface area contributed by atoms with E-state index in [-0.39, 0.29) is 37.7 Å². The fourth-order valence-electron chi connectivity index (χ4n) is 2.52. The number of hydrogen-bond donors (Lipinski definition) is 2. The standard InChI is InChI=1S/C14H16ClF3N4O4S/c15-10-2-1-9(14(16,17)18)7-11(10)27(25,26)22-5-3-21(4-6-22)8-12(23)20-13(19)24/h1-2,7H,3-6,8H2,(H3,19,20,23,24). The number of sulfonamides is 1. The zero-order valence-electron chi connectivity index (χ0n) is 13.8. The summed E-state index contributed by atoms with van der Waals surface area (Å²) in [5, 5.41) is 1.57. The van der Waals surface area contributed by atoms with Gasteiger partial charge in [-0.2, -0.15) is 17.5 Å². The van der Waals surface area contributed by atoms with Crippen molar-refractivity contribution >= 4 is 33.6 Å². The minimum atomic E-state index is -4.71. The Morgan fingerprint density at radius 2 is 1.78 bits per heavy atom. The third kappa shape index (κ3) is 5.31. The van der Waals surface area contributed by atoms with Crippen LogP contribution in [0.5, 0.6) is 0 Å². The van der Waals surface area contributed by atoms with Crippen molar-refractivity contribution < 1.29 is 31.2 Å². The highest BCUT2D eigenvalue weighted by Crippen LogP contribution is 2.34. The third-order valence-electron chi connectivity index (χ3n) is 3.84. The van der Waals surface area contributed by atoms with Gasteiger partial charge in [-0.05, 0) is 18.2 Å². The molecule has 1 aromatic rings. The second-order valence-corrected chi connectivity index (χ2v) is 8.05. The van der Waals surface area contributed by atoms with Crippen LogP contribution >= 0.6 is 11.6 Å². The summed E-state index contributed by atoms with van der Waals surface area (Å²) >= 11 is 5.82. The van der Waals surface area contributed by atoms with Crippen molar-refractivity contribution in [2.75, 3.05) is 32.7 Å². The summed E-state index contributed by atoms with van der Waals surface area (Å²) in [6, 6.07) is 1.10. The van der Waals surface area contributed by atoms with Crippen LogP contribution in [0.15, 0.2) is 23.1 Å². The van der Waals surface area contributed by atoms with E-state index in [1.165, 1.54) is 0 Å². The van der Waals surface area contributed by atoms with Crippen LogP contribution in [0.2, 0.25) is 5.02 Å². The molecule has 0 atom stereocenters. The number of piperazine rings is 1. The molecule has 1 aromatic carbocycles. The number of halogens is 4. The Hall–Kier alpha value is -1.89. The minimum Gasteiger partial charge on any atom is -0.351 e. The predicted octanol–water partition coefficient (Wildman–Crippen LogP) is 0.860. The number of carbonyl (C=O) groups excluding carboxylic acids is 2. The highest BCUT2D eigenvalue weighted by molar-refractivity contribution is 7.89. The Balaban J connectivity index is 2.11. The van der Waals surface area contributed by atoms with Gasteiger partial charge >= 0.3 is 12.2 Å². The minimum absolute atomic E-state index is 0.0568. The van der Waals surface area contributed by atoms with Crippen molar-refractivity contribution in [3.63, 3.8) is 0 Å². The molecule has 1 heterocycles. The van der Waals surface area contributed by atoms with Gasteiger partial charge in [0.05, 0.1) is 17.1 Å². The molecule has 0 saturated carbocycles. The van der Waals surface area contributed by atoms with Crippen LogP contribution in [0.1, 0.15) is 5.56 Å². The average Bonchev–Trinajstić information content (AvgIpc) is 2.53. The first kappa shape index (κ1) is 21.4. The van der Waals surface area contributed by atoms with Crippen LogP contribution in [-0.2, 0) is 21.0 Å². The molecule has 0 radical (unpaired) electrons. The summed E-state index contributed by atoms with van der Waals surface area (Å²) in [5.41, 5.74) is 3.71. The van der Waals surface area contributed by atoms with E-state index in [0.717, 1.165) is 10.4 Å². The summed E-state index contributed by atoms with van der Waals surface area (Å²) < 4.78 is 64.9. The van der Waals surface area contributed by atoms with Gasteiger partial charge in [-0.3, -0.25) is 15.0 Å². The first-order chi connectivity index (χ1) is 12.4. The highest BCUT2D eigenvalue weighted by Gasteiger charge is 2.35. The van der Waals surface area contributed by atoms with Crippen LogP contribution in [0.25, 0.3) is 0 Å². The third-order valence-corrected chi connectivity index (χ3v) is 6.22. The molecular formula is C14H16ClF3N4O4S. The molecule has 0 spiro atoms. The van der Waals surface area contributed by atoms with Gasteiger partial charge < -0.3 is 5.73 Å². The number of alkyl halides is 3. The molecule has 150 valence electrons. The normalized spacial score (nSPS) is 16.9. The number of nitrogens with one attached hydrogen (secondary N) is 1. The molecule has 1 fully saturated rings. The van der Waals surface area contributed by atoms with E-state index in [2.05, 4.69) is 0 Å². The van der Waals surface area contributed by atoms with Gasteiger partial charge in [0.25, 0.3) is 0 Å². The number of nitrogens with zero attached hydrogens (tertiary/aromatic N) is 2. The molecule has 13 heteroatoms. The number of benzene rings is 1. The first-order valence-corrected chi connectivity index (χ1v) is 9.41. The number of rotatable bonds is 4. The molecule has 1 aliphatic heterocycles. The van der Waals surface area contributed by atoms with Crippen molar-refractivity contribution in [2.45, 2.75) is 11.1 Å². The van der Waals surface area contributed by atoms with E-state index in [1.807, 2.05) is 5.32 Å². The zero-order valence-corrected chi connectivity index (χ0v) is 15.4. The smallest absolute Gasteiger partial charge is 0.351 e. The molecule has 1 aliphatic rings. The molecule has 8 nitrogen and oxygen atoms in total. The second kappa shape index (κ2) is 8.00. The van der Waals surface area contributed by atoms with Crippen LogP contribution in [0.4, 0.5) is 18.0 Å². The number of nitrogens with two attached hydrogens (primary N) is 1. The van der Waals surface area contributed by atoms with Crippen LogP contribution < -0.4 is 11.1 Å². The van der Waals surface area contributed by atoms with E-state index in [1.54, 1.807) is 4.90 Å². The van der Waals surface area contributed by atoms with Crippen molar-refractivity contribution in [3.05, 3.63) is 28.8 Å². The van der Waals surface area contributed by atoms with Gasteiger partial charge in [-0.25, -0.2) is 13.2 Å². The predicted molar refractivity (Wildman–Crippen MR) is 89.4 cm³/mol. The number of carbonyl (C=O) groups is 2. The van der Waals surface area contributed by atoms with Gasteiger partial charge in [0.1, 0.15) is 4.90 Å². The monoisotopic (exact) mass is 428 g/mol. The van der Waals surface area contributed by atoms with Crippen molar-refractivity contribution in [2.24, 2.45) is 5.73 Å². The van der Waals surface area contributed by atoms with E-state index in [4.69, 9.17) is 17.3 Å².